The second kappa shape index (κ2) is 8.63. The van der Waals surface area contributed by atoms with E-state index in [1.54, 1.807) is 44.7 Å². The van der Waals surface area contributed by atoms with E-state index in [1.165, 1.54) is 0 Å². The van der Waals surface area contributed by atoms with Gasteiger partial charge >= 0.3 is 0 Å². The zero-order chi connectivity index (χ0) is 19.2. The predicted octanol–water partition coefficient (Wildman–Crippen LogP) is 3.32. The minimum absolute atomic E-state index is 0.147. The van der Waals surface area contributed by atoms with Crippen LogP contribution in [0.25, 0.3) is 11.5 Å². The number of aromatic nitrogens is 2. The number of carbonyl (C=O) groups is 1. The van der Waals surface area contributed by atoms with Crippen LogP contribution in [0.1, 0.15) is 18.7 Å². The van der Waals surface area contributed by atoms with Crippen LogP contribution in [0.5, 0.6) is 11.5 Å². The quantitative estimate of drug-likeness (QED) is 0.586. The summed E-state index contributed by atoms with van der Waals surface area (Å²) >= 11 is 1.16. The van der Waals surface area contributed by atoms with Gasteiger partial charge in [0.2, 0.25) is 11.8 Å². The van der Waals surface area contributed by atoms with Crippen LogP contribution in [-0.2, 0) is 4.79 Å². The van der Waals surface area contributed by atoms with Crippen molar-refractivity contribution in [1.29, 1.82) is 0 Å². The lowest BCUT2D eigenvalue weighted by molar-refractivity contribution is -0.119. The van der Waals surface area contributed by atoms with Gasteiger partial charge in [-0.25, -0.2) is 0 Å². The number of thioether (sulfide) groups is 1. The average molecular weight is 389 g/mol. The minimum atomic E-state index is -0.212. The maximum Gasteiger partial charge on any atom is 0.277 e. The number of ether oxygens (including phenoxy) is 2. The second-order valence-corrected chi connectivity index (χ2v) is 6.49. The lowest BCUT2D eigenvalue weighted by atomic mass is 10.2. The SMILES string of the molecule is COc1cc(OC)cc(-c2nnc(SCC(=O)N[C@@H](C)c3ccco3)o2)c1. The number of hydrogen-bond donors (Lipinski definition) is 1. The van der Waals surface area contributed by atoms with Crippen LogP contribution in [0.15, 0.2) is 50.7 Å². The number of amides is 1. The van der Waals surface area contributed by atoms with E-state index in [9.17, 15) is 4.79 Å². The van der Waals surface area contributed by atoms with Crippen molar-refractivity contribution in [3.63, 3.8) is 0 Å². The van der Waals surface area contributed by atoms with E-state index in [2.05, 4.69) is 15.5 Å². The molecule has 0 unspecified atom stereocenters. The Morgan fingerprint density at radius 1 is 1.22 bits per heavy atom. The molecule has 0 radical (unpaired) electrons. The van der Waals surface area contributed by atoms with Gasteiger partial charge in [-0.2, -0.15) is 0 Å². The topological polar surface area (TPSA) is 99.6 Å². The molecule has 0 spiro atoms. The van der Waals surface area contributed by atoms with Crippen LogP contribution in [-0.4, -0.2) is 36.1 Å². The maximum absolute atomic E-state index is 12.1. The van der Waals surface area contributed by atoms with Crippen molar-refractivity contribution in [1.82, 2.24) is 15.5 Å². The fraction of sp³-hybridized carbons (Fsp3) is 0.278. The van der Waals surface area contributed by atoms with Gasteiger partial charge < -0.3 is 23.6 Å². The fourth-order valence-corrected chi connectivity index (χ4v) is 2.91. The van der Waals surface area contributed by atoms with Crippen molar-refractivity contribution in [3.8, 4) is 23.0 Å². The Hall–Kier alpha value is -2.94. The van der Waals surface area contributed by atoms with Gasteiger partial charge in [0.05, 0.1) is 32.3 Å². The molecule has 1 aromatic carbocycles. The van der Waals surface area contributed by atoms with Crippen molar-refractivity contribution < 1.29 is 23.1 Å². The summed E-state index contributed by atoms with van der Waals surface area (Å²) in [5.74, 6) is 2.23. The Morgan fingerprint density at radius 3 is 2.59 bits per heavy atom. The molecule has 0 aliphatic rings. The first-order chi connectivity index (χ1) is 13.1. The first kappa shape index (κ1) is 18.8. The first-order valence-corrected chi connectivity index (χ1v) is 9.10. The van der Waals surface area contributed by atoms with Crippen LogP contribution in [0, 0.1) is 0 Å². The van der Waals surface area contributed by atoms with Crippen LogP contribution in [0.2, 0.25) is 0 Å². The molecule has 1 atom stereocenters. The molecule has 142 valence electrons. The standard InChI is InChI=1S/C18H19N3O5S/c1-11(15-5-4-6-25-15)19-16(22)10-27-18-21-20-17(26-18)12-7-13(23-2)9-14(8-12)24-3/h4-9,11H,10H2,1-3H3,(H,19,22)/t11-/m0/s1. The molecule has 0 aliphatic heterocycles. The molecule has 1 amide bonds. The van der Waals surface area contributed by atoms with Gasteiger partial charge in [0.15, 0.2) is 0 Å². The molecule has 2 heterocycles. The highest BCUT2D eigenvalue weighted by Crippen LogP contribution is 2.30. The van der Waals surface area contributed by atoms with E-state index in [0.29, 0.717) is 33.9 Å². The fourth-order valence-electron chi connectivity index (χ4n) is 2.33. The Balaban J connectivity index is 1.60. The van der Waals surface area contributed by atoms with Crippen molar-refractivity contribution >= 4 is 17.7 Å². The second-order valence-electron chi connectivity index (χ2n) is 5.57. The van der Waals surface area contributed by atoms with Crippen LogP contribution >= 0.6 is 11.8 Å². The summed E-state index contributed by atoms with van der Waals surface area (Å²) in [6.45, 7) is 1.85. The highest BCUT2D eigenvalue weighted by atomic mass is 32.2. The summed E-state index contributed by atoms with van der Waals surface area (Å²) in [7, 11) is 3.13. The number of methoxy groups -OCH3 is 2. The number of nitrogens with zero attached hydrogens (tertiary/aromatic N) is 2. The van der Waals surface area contributed by atoms with E-state index in [-0.39, 0.29) is 17.7 Å². The average Bonchev–Trinajstić information content (AvgIpc) is 3.37. The number of nitrogens with one attached hydrogen (secondary N) is 1. The van der Waals surface area contributed by atoms with Crippen LogP contribution in [0.4, 0.5) is 0 Å². The first-order valence-electron chi connectivity index (χ1n) is 8.11. The van der Waals surface area contributed by atoms with E-state index in [0.717, 1.165) is 11.8 Å². The minimum Gasteiger partial charge on any atom is -0.497 e. The molecule has 0 aliphatic carbocycles. The smallest absolute Gasteiger partial charge is 0.277 e. The highest BCUT2D eigenvalue weighted by molar-refractivity contribution is 7.99. The molecule has 3 rings (SSSR count). The molecule has 2 aromatic heterocycles. The molecule has 9 heteroatoms. The predicted molar refractivity (Wildman–Crippen MR) is 98.8 cm³/mol. The molecule has 0 saturated carbocycles. The molecule has 1 N–H and O–H groups in total. The Morgan fingerprint density at radius 2 is 1.96 bits per heavy atom. The summed E-state index contributed by atoms with van der Waals surface area (Å²) in [6.07, 6.45) is 1.57. The largest absolute Gasteiger partial charge is 0.497 e. The Kier molecular flexibility index (Phi) is 6.02. The molecule has 8 nitrogen and oxygen atoms in total. The maximum atomic E-state index is 12.1. The third-order valence-electron chi connectivity index (χ3n) is 3.68. The van der Waals surface area contributed by atoms with E-state index in [1.807, 2.05) is 13.0 Å². The van der Waals surface area contributed by atoms with Gasteiger partial charge in [0.1, 0.15) is 17.3 Å². The molecular formula is C18H19N3O5S. The normalized spacial score (nSPS) is 11.8. The van der Waals surface area contributed by atoms with E-state index in [4.69, 9.17) is 18.3 Å². The van der Waals surface area contributed by atoms with Crippen molar-refractivity contribution in [2.75, 3.05) is 20.0 Å². The lowest BCUT2D eigenvalue weighted by Gasteiger charge is -2.10. The molecule has 0 bridgehead atoms. The van der Waals surface area contributed by atoms with Crippen molar-refractivity contribution in [2.24, 2.45) is 0 Å². The Labute approximate surface area is 160 Å². The molecule has 0 fully saturated rings. The number of benzene rings is 1. The molecule has 27 heavy (non-hydrogen) atoms. The Bertz CT molecular complexity index is 872. The zero-order valence-corrected chi connectivity index (χ0v) is 15.9. The van der Waals surface area contributed by atoms with Gasteiger partial charge in [-0.1, -0.05) is 11.8 Å². The highest BCUT2D eigenvalue weighted by Gasteiger charge is 2.15. The van der Waals surface area contributed by atoms with Crippen molar-refractivity contribution in [3.05, 3.63) is 42.4 Å². The van der Waals surface area contributed by atoms with E-state index >= 15 is 0 Å². The van der Waals surface area contributed by atoms with E-state index < -0.39 is 0 Å². The molecular weight excluding hydrogens is 370 g/mol. The van der Waals surface area contributed by atoms with Crippen LogP contribution in [0.3, 0.4) is 0 Å². The van der Waals surface area contributed by atoms with Gasteiger partial charge in [-0.15, -0.1) is 10.2 Å². The monoisotopic (exact) mass is 389 g/mol. The third-order valence-corrected chi connectivity index (χ3v) is 4.50. The summed E-state index contributed by atoms with van der Waals surface area (Å²) in [5, 5.41) is 11.1. The number of rotatable bonds is 8. The zero-order valence-electron chi connectivity index (χ0n) is 15.1. The van der Waals surface area contributed by atoms with Gasteiger partial charge in [-0.3, -0.25) is 4.79 Å². The van der Waals surface area contributed by atoms with Crippen molar-refractivity contribution in [2.45, 2.75) is 18.2 Å². The van der Waals surface area contributed by atoms with Gasteiger partial charge in [0.25, 0.3) is 5.22 Å². The number of furan rings is 1. The van der Waals surface area contributed by atoms with Crippen LogP contribution < -0.4 is 14.8 Å². The number of hydrogen-bond acceptors (Lipinski definition) is 8. The number of carbonyl (C=O) groups excluding carboxylic acids is 1. The molecule has 3 aromatic rings. The van der Waals surface area contributed by atoms with Gasteiger partial charge in [-0.05, 0) is 31.2 Å². The third kappa shape index (κ3) is 4.82. The molecule has 0 saturated heterocycles. The summed E-state index contributed by atoms with van der Waals surface area (Å²) in [4.78, 5) is 12.1. The summed E-state index contributed by atoms with van der Waals surface area (Å²) < 4.78 is 21.4. The van der Waals surface area contributed by atoms with Gasteiger partial charge in [0, 0.05) is 11.6 Å². The summed E-state index contributed by atoms with van der Waals surface area (Å²) in [6, 6.07) is 8.66. The summed E-state index contributed by atoms with van der Waals surface area (Å²) in [5.41, 5.74) is 0.668. The lowest BCUT2D eigenvalue weighted by Crippen LogP contribution is -2.27.